The van der Waals surface area contributed by atoms with Crippen LogP contribution in [0.1, 0.15) is 5.56 Å². The second-order valence-electron chi connectivity index (χ2n) is 3.80. The van der Waals surface area contributed by atoms with Gasteiger partial charge < -0.3 is 14.8 Å². The van der Waals surface area contributed by atoms with Gasteiger partial charge in [-0.05, 0) is 17.7 Å². The number of ether oxygens (including phenoxy) is 2. The molecule has 0 fully saturated rings. The van der Waals surface area contributed by atoms with Crippen LogP contribution < -0.4 is 10.1 Å². The van der Waals surface area contributed by atoms with Gasteiger partial charge >= 0.3 is 12.3 Å². The Balaban J connectivity index is 2.62. The van der Waals surface area contributed by atoms with Crippen LogP contribution in [0.15, 0.2) is 24.3 Å². The number of nitrogens with one attached hydrogen (secondary N) is 1. The van der Waals surface area contributed by atoms with Gasteiger partial charge in [0.05, 0.1) is 7.11 Å². The van der Waals surface area contributed by atoms with Crippen LogP contribution in [0.5, 0.6) is 5.75 Å². The van der Waals surface area contributed by atoms with Crippen LogP contribution in [0.25, 0.3) is 0 Å². The number of benzene rings is 1. The summed E-state index contributed by atoms with van der Waals surface area (Å²) in [7, 11) is 0.917. The monoisotopic (exact) mass is 309 g/mol. The molecule has 0 aliphatic rings. The lowest BCUT2D eigenvalue weighted by atomic mass is 10.2. The lowest BCUT2D eigenvalue weighted by molar-refractivity contribution is -0.274. The number of alkyl halides is 4. The predicted octanol–water partition coefficient (Wildman–Crippen LogP) is 1.71. The molecule has 1 rings (SSSR count). The van der Waals surface area contributed by atoms with E-state index < -0.39 is 30.2 Å². The summed E-state index contributed by atoms with van der Waals surface area (Å²) < 4.78 is 56.9. The minimum Gasteiger partial charge on any atom is -0.466 e. The van der Waals surface area contributed by atoms with Crippen LogP contribution in [-0.2, 0) is 20.9 Å². The van der Waals surface area contributed by atoms with Gasteiger partial charge in [-0.2, -0.15) is 0 Å². The van der Waals surface area contributed by atoms with E-state index in [1.165, 1.54) is 12.1 Å². The van der Waals surface area contributed by atoms with Crippen molar-refractivity contribution in [3.63, 3.8) is 0 Å². The molecule has 1 amide bonds. The average molecular weight is 309 g/mol. The van der Waals surface area contributed by atoms with Crippen LogP contribution in [0.3, 0.4) is 0 Å². The van der Waals surface area contributed by atoms with Crippen molar-refractivity contribution in [3.05, 3.63) is 29.8 Å². The molecular formula is C12H11F4NO4. The van der Waals surface area contributed by atoms with E-state index in [-0.39, 0.29) is 12.1 Å². The third-order valence-corrected chi connectivity index (χ3v) is 2.24. The van der Waals surface area contributed by atoms with Gasteiger partial charge in [0.2, 0.25) is 0 Å². The first kappa shape index (κ1) is 16.7. The van der Waals surface area contributed by atoms with E-state index in [4.69, 9.17) is 0 Å². The molecular weight excluding hydrogens is 298 g/mol. The molecule has 0 heterocycles. The van der Waals surface area contributed by atoms with Gasteiger partial charge in [-0.1, -0.05) is 12.1 Å². The lowest BCUT2D eigenvalue weighted by Crippen LogP contribution is -2.37. The highest BCUT2D eigenvalue weighted by molar-refractivity contribution is 6.00. The van der Waals surface area contributed by atoms with Gasteiger partial charge in [0.15, 0.2) is 0 Å². The molecule has 1 aromatic carbocycles. The molecule has 21 heavy (non-hydrogen) atoms. The molecule has 0 bridgehead atoms. The minimum absolute atomic E-state index is 0.238. The number of amides is 1. The first-order valence-corrected chi connectivity index (χ1v) is 5.57. The van der Waals surface area contributed by atoms with Crippen LogP contribution >= 0.6 is 0 Å². The first-order chi connectivity index (χ1) is 9.73. The van der Waals surface area contributed by atoms with E-state index in [0.29, 0.717) is 0 Å². The first-order valence-electron chi connectivity index (χ1n) is 5.57. The highest BCUT2D eigenvalue weighted by Crippen LogP contribution is 2.23. The quantitative estimate of drug-likeness (QED) is 0.511. The zero-order valence-corrected chi connectivity index (χ0v) is 10.7. The number of rotatable bonds is 5. The number of esters is 1. The Hall–Kier alpha value is -2.32. The fourth-order valence-corrected chi connectivity index (χ4v) is 1.34. The maximum atomic E-state index is 13.1. The lowest BCUT2D eigenvalue weighted by Gasteiger charge is -2.11. The van der Waals surface area contributed by atoms with Crippen molar-refractivity contribution < 1.29 is 36.6 Å². The molecule has 0 aliphatic heterocycles. The van der Waals surface area contributed by atoms with Crippen LogP contribution in [-0.4, -0.2) is 31.5 Å². The smallest absolute Gasteiger partial charge is 0.466 e. The Kier molecular flexibility index (Phi) is 5.51. The summed E-state index contributed by atoms with van der Waals surface area (Å²) in [5.74, 6) is -3.08. The Bertz CT molecular complexity index is 518. The second kappa shape index (κ2) is 6.91. The summed E-state index contributed by atoms with van der Waals surface area (Å²) >= 11 is 0. The zero-order chi connectivity index (χ0) is 16.0. The third kappa shape index (κ3) is 5.67. The number of halogens is 4. The fraction of sp³-hybridized carbons (Fsp3) is 0.333. The number of hydrogen-bond acceptors (Lipinski definition) is 4. The number of hydrogen-bond donors (Lipinski definition) is 1. The minimum atomic E-state index is -4.84. The van der Waals surface area contributed by atoms with E-state index >= 15 is 0 Å². The molecule has 0 spiro atoms. The van der Waals surface area contributed by atoms with Gasteiger partial charge in [0.25, 0.3) is 12.1 Å². The standard InChI is InChI=1S/C12H11F4NO4/c1-20-11(19)9(13)10(18)17-6-7-3-2-4-8(5-7)21-12(14,15)16/h2-5,9H,6H2,1H3,(H,17,18). The van der Waals surface area contributed by atoms with Gasteiger partial charge in [0, 0.05) is 6.54 Å². The third-order valence-electron chi connectivity index (χ3n) is 2.24. The Morgan fingerprint density at radius 3 is 2.57 bits per heavy atom. The predicted molar refractivity (Wildman–Crippen MR) is 61.9 cm³/mol. The average Bonchev–Trinajstić information content (AvgIpc) is 2.41. The van der Waals surface area contributed by atoms with Crippen LogP contribution in [0.4, 0.5) is 17.6 Å². The van der Waals surface area contributed by atoms with Crippen molar-refractivity contribution in [2.45, 2.75) is 19.1 Å². The summed E-state index contributed by atoms with van der Waals surface area (Å²) in [6.45, 7) is -0.273. The summed E-state index contributed by atoms with van der Waals surface area (Å²) in [6, 6.07) is 4.77. The summed E-state index contributed by atoms with van der Waals surface area (Å²) in [4.78, 5) is 22.0. The van der Waals surface area contributed by atoms with E-state index in [9.17, 15) is 27.2 Å². The molecule has 0 radical (unpaired) electrons. The van der Waals surface area contributed by atoms with E-state index in [2.05, 4.69) is 14.8 Å². The Morgan fingerprint density at radius 2 is 2.00 bits per heavy atom. The topological polar surface area (TPSA) is 64.6 Å². The number of carbonyl (C=O) groups is 2. The molecule has 1 aromatic rings. The molecule has 0 aromatic heterocycles. The van der Waals surface area contributed by atoms with Crippen molar-refractivity contribution in [3.8, 4) is 5.75 Å². The summed E-state index contributed by atoms with van der Waals surface area (Å²) in [5.41, 5.74) is 0.238. The molecule has 0 saturated carbocycles. The maximum Gasteiger partial charge on any atom is 0.573 e. The molecule has 5 nitrogen and oxygen atoms in total. The maximum absolute atomic E-state index is 13.1. The normalized spacial score (nSPS) is 12.4. The van der Waals surface area contributed by atoms with Crippen molar-refractivity contribution >= 4 is 11.9 Å². The Morgan fingerprint density at radius 1 is 1.33 bits per heavy atom. The highest BCUT2D eigenvalue weighted by atomic mass is 19.4. The van der Waals surface area contributed by atoms with Crippen molar-refractivity contribution in [1.29, 1.82) is 0 Å². The molecule has 0 saturated heterocycles. The summed E-state index contributed by atoms with van der Waals surface area (Å²) in [5, 5.41) is 2.05. The van der Waals surface area contributed by atoms with Crippen molar-refractivity contribution in [2.75, 3.05) is 7.11 Å². The van der Waals surface area contributed by atoms with Gasteiger partial charge in [-0.15, -0.1) is 13.2 Å². The van der Waals surface area contributed by atoms with Gasteiger partial charge in [-0.25, -0.2) is 9.18 Å². The largest absolute Gasteiger partial charge is 0.573 e. The zero-order valence-electron chi connectivity index (χ0n) is 10.7. The van der Waals surface area contributed by atoms with E-state index in [1.54, 1.807) is 0 Å². The fourth-order valence-electron chi connectivity index (χ4n) is 1.34. The van der Waals surface area contributed by atoms with E-state index in [0.717, 1.165) is 19.2 Å². The summed E-state index contributed by atoms with van der Waals surface area (Å²) in [6.07, 6.45) is -7.33. The SMILES string of the molecule is COC(=O)C(F)C(=O)NCc1cccc(OC(F)(F)F)c1. The molecule has 1 atom stereocenters. The number of carbonyl (C=O) groups excluding carboxylic acids is 2. The van der Waals surface area contributed by atoms with Crippen LogP contribution in [0, 0.1) is 0 Å². The molecule has 116 valence electrons. The van der Waals surface area contributed by atoms with Crippen molar-refractivity contribution in [2.24, 2.45) is 0 Å². The molecule has 0 aliphatic carbocycles. The van der Waals surface area contributed by atoms with Crippen LogP contribution in [0.2, 0.25) is 0 Å². The van der Waals surface area contributed by atoms with E-state index in [1.807, 2.05) is 0 Å². The van der Waals surface area contributed by atoms with Gasteiger partial charge in [-0.3, -0.25) is 4.79 Å². The molecule has 1 unspecified atom stereocenters. The highest BCUT2D eigenvalue weighted by Gasteiger charge is 2.31. The molecule has 9 heteroatoms. The Labute approximate surface area is 116 Å². The second-order valence-corrected chi connectivity index (χ2v) is 3.80. The molecule has 1 N–H and O–H groups in total. The van der Waals surface area contributed by atoms with Crippen molar-refractivity contribution in [1.82, 2.24) is 5.32 Å². The van der Waals surface area contributed by atoms with Gasteiger partial charge in [0.1, 0.15) is 5.75 Å². The number of methoxy groups -OCH3 is 1.